The van der Waals surface area contributed by atoms with Gasteiger partial charge in [0.05, 0.1) is 6.04 Å². The molecule has 0 spiro atoms. The van der Waals surface area contributed by atoms with E-state index >= 15 is 0 Å². The highest BCUT2D eigenvalue weighted by Gasteiger charge is 2.40. The third-order valence-corrected chi connectivity index (χ3v) is 4.75. The monoisotopic (exact) mass is 394 g/mol. The Bertz CT molecular complexity index is 608. The van der Waals surface area contributed by atoms with E-state index in [4.69, 9.17) is 4.74 Å². The molecule has 0 aromatic carbocycles. The first-order valence-electron chi connectivity index (χ1n) is 10.1. The number of carbonyl (C=O) groups is 3. The summed E-state index contributed by atoms with van der Waals surface area (Å²) < 4.78 is 5.31. The molecule has 2 rings (SSSR count). The van der Waals surface area contributed by atoms with E-state index in [0.717, 1.165) is 24.8 Å². The first kappa shape index (κ1) is 22.0. The molecule has 0 radical (unpaired) electrons. The van der Waals surface area contributed by atoms with E-state index in [-0.39, 0.29) is 24.1 Å². The van der Waals surface area contributed by atoms with Crippen molar-refractivity contribution in [2.24, 2.45) is 0 Å². The van der Waals surface area contributed by atoms with Crippen LogP contribution in [0, 0.1) is 0 Å². The number of nitrogens with zero attached hydrogens (tertiary/aromatic N) is 2. The fourth-order valence-corrected chi connectivity index (χ4v) is 3.26. The topological polar surface area (TPSA) is 91.0 Å². The maximum absolute atomic E-state index is 12.7. The van der Waals surface area contributed by atoms with Gasteiger partial charge in [0.25, 0.3) is 0 Å². The van der Waals surface area contributed by atoms with Crippen LogP contribution >= 0.6 is 0 Å². The van der Waals surface area contributed by atoms with Crippen LogP contribution in [-0.4, -0.2) is 71.7 Å². The van der Waals surface area contributed by atoms with Gasteiger partial charge < -0.3 is 25.2 Å². The van der Waals surface area contributed by atoms with Gasteiger partial charge in [-0.05, 0) is 33.6 Å². The van der Waals surface area contributed by atoms with Crippen LogP contribution < -0.4 is 10.6 Å². The number of urea groups is 1. The number of carbonyl (C=O) groups excluding carboxylic acids is 3. The zero-order valence-electron chi connectivity index (χ0n) is 17.5. The number of nitrogens with one attached hydrogen (secondary N) is 2. The Morgan fingerprint density at radius 3 is 2.50 bits per heavy atom. The summed E-state index contributed by atoms with van der Waals surface area (Å²) in [6.45, 7) is 13.3. The van der Waals surface area contributed by atoms with Crippen LogP contribution in [0.4, 0.5) is 9.59 Å². The third kappa shape index (κ3) is 6.14. The van der Waals surface area contributed by atoms with E-state index in [1.165, 1.54) is 0 Å². The van der Waals surface area contributed by atoms with E-state index in [1.54, 1.807) is 9.80 Å². The van der Waals surface area contributed by atoms with Gasteiger partial charge >= 0.3 is 12.1 Å². The summed E-state index contributed by atoms with van der Waals surface area (Å²) in [5, 5.41) is 5.82. The predicted molar refractivity (Wildman–Crippen MR) is 107 cm³/mol. The van der Waals surface area contributed by atoms with Gasteiger partial charge in [0.15, 0.2) is 0 Å². The summed E-state index contributed by atoms with van der Waals surface area (Å²) in [4.78, 5) is 40.2. The highest BCUT2D eigenvalue weighted by atomic mass is 16.6. The quantitative estimate of drug-likeness (QED) is 0.534. The lowest BCUT2D eigenvalue weighted by Crippen LogP contribution is -2.63. The van der Waals surface area contributed by atoms with Crippen molar-refractivity contribution in [1.82, 2.24) is 20.4 Å². The van der Waals surface area contributed by atoms with Crippen LogP contribution in [0.15, 0.2) is 12.2 Å². The van der Waals surface area contributed by atoms with Crippen LogP contribution in [0.1, 0.15) is 53.4 Å². The van der Waals surface area contributed by atoms with Gasteiger partial charge in [-0.15, -0.1) is 0 Å². The second-order valence-corrected chi connectivity index (χ2v) is 8.63. The van der Waals surface area contributed by atoms with Crippen LogP contribution in [0.3, 0.4) is 0 Å². The van der Waals surface area contributed by atoms with Crippen LogP contribution in [0.5, 0.6) is 0 Å². The van der Waals surface area contributed by atoms with E-state index in [1.807, 2.05) is 20.8 Å². The van der Waals surface area contributed by atoms with Crippen molar-refractivity contribution in [2.45, 2.75) is 71.1 Å². The molecule has 158 valence electrons. The Balaban J connectivity index is 1.80. The van der Waals surface area contributed by atoms with Gasteiger partial charge in [-0.2, -0.15) is 0 Å². The Labute approximate surface area is 167 Å². The SMILES string of the molecule is C=C1CC(C(=O)NC2CN(C(=O)OC(C)(C)C)C2)N(C(=O)NCCCCC)C1. The molecular formula is C20H34N4O4. The maximum atomic E-state index is 12.7. The second kappa shape index (κ2) is 9.30. The van der Waals surface area contributed by atoms with Crippen molar-refractivity contribution >= 4 is 18.0 Å². The van der Waals surface area contributed by atoms with E-state index in [9.17, 15) is 14.4 Å². The molecule has 0 saturated carbocycles. The Morgan fingerprint density at radius 2 is 1.89 bits per heavy atom. The molecule has 0 aliphatic carbocycles. The lowest BCUT2D eigenvalue weighted by Gasteiger charge is -2.40. The molecule has 0 bridgehead atoms. The molecule has 8 nitrogen and oxygen atoms in total. The van der Waals surface area contributed by atoms with Crippen molar-refractivity contribution in [3.05, 3.63) is 12.2 Å². The largest absolute Gasteiger partial charge is 0.444 e. The molecule has 2 aliphatic heterocycles. The zero-order chi connectivity index (χ0) is 20.9. The van der Waals surface area contributed by atoms with Gasteiger partial charge in [0, 0.05) is 26.2 Å². The lowest BCUT2D eigenvalue weighted by molar-refractivity contribution is -0.126. The number of rotatable bonds is 6. The molecule has 1 unspecified atom stereocenters. The highest BCUT2D eigenvalue weighted by molar-refractivity contribution is 5.89. The summed E-state index contributed by atoms with van der Waals surface area (Å²) in [7, 11) is 0. The lowest BCUT2D eigenvalue weighted by atomic mass is 10.1. The number of hydrogen-bond donors (Lipinski definition) is 2. The summed E-state index contributed by atoms with van der Waals surface area (Å²) in [5.41, 5.74) is 0.327. The predicted octanol–water partition coefficient (Wildman–Crippen LogP) is 2.25. The summed E-state index contributed by atoms with van der Waals surface area (Å²) in [6.07, 6.45) is 3.17. The molecule has 28 heavy (non-hydrogen) atoms. The first-order valence-corrected chi connectivity index (χ1v) is 10.1. The average molecular weight is 395 g/mol. The van der Waals surface area contributed by atoms with Gasteiger partial charge in [-0.3, -0.25) is 4.79 Å². The molecular weight excluding hydrogens is 360 g/mol. The minimum atomic E-state index is -0.547. The normalized spacial score (nSPS) is 20.0. The van der Waals surface area contributed by atoms with Crippen LogP contribution in [0.2, 0.25) is 0 Å². The number of ether oxygens (including phenoxy) is 1. The number of hydrogen-bond acceptors (Lipinski definition) is 4. The van der Waals surface area contributed by atoms with Crippen molar-refractivity contribution in [3.63, 3.8) is 0 Å². The summed E-state index contributed by atoms with van der Waals surface area (Å²) in [5.74, 6) is -0.198. The van der Waals surface area contributed by atoms with Gasteiger partial charge in [0.1, 0.15) is 11.6 Å². The average Bonchev–Trinajstić information content (AvgIpc) is 2.94. The molecule has 8 heteroatoms. The first-order chi connectivity index (χ1) is 13.1. The third-order valence-electron chi connectivity index (χ3n) is 4.75. The van der Waals surface area contributed by atoms with Crippen LogP contribution in [-0.2, 0) is 9.53 Å². The van der Waals surface area contributed by atoms with Gasteiger partial charge in [-0.1, -0.05) is 31.9 Å². The number of unbranched alkanes of at least 4 members (excludes halogenated alkanes) is 2. The zero-order valence-corrected chi connectivity index (χ0v) is 17.5. The fourth-order valence-electron chi connectivity index (χ4n) is 3.26. The molecule has 1 atom stereocenters. The summed E-state index contributed by atoms with van der Waals surface area (Å²) >= 11 is 0. The number of likely N-dealkylation sites (tertiary alicyclic amines) is 2. The molecule has 2 saturated heterocycles. The smallest absolute Gasteiger partial charge is 0.410 e. The van der Waals surface area contributed by atoms with Crippen molar-refractivity contribution < 1.29 is 19.1 Å². The van der Waals surface area contributed by atoms with E-state index in [0.29, 0.717) is 32.6 Å². The Kier molecular flexibility index (Phi) is 7.32. The second-order valence-electron chi connectivity index (χ2n) is 8.63. The molecule has 2 N–H and O–H groups in total. The van der Waals surface area contributed by atoms with E-state index in [2.05, 4.69) is 24.1 Å². The molecule has 2 aliphatic rings. The summed E-state index contributed by atoms with van der Waals surface area (Å²) in [6, 6.07) is -0.892. The minimum Gasteiger partial charge on any atom is -0.444 e. The molecule has 2 heterocycles. The molecule has 2 fully saturated rings. The van der Waals surface area contributed by atoms with Crippen molar-refractivity contribution in [3.8, 4) is 0 Å². The van der Waals surface area contributed by atoms with Gasteiger partial charge in [-0.25, -0.2) is 9.59 Å². The van der Waals surface area contributed by atoms with Crippen molar-refractivity contribution in [2.75, 3.05) is 26.2 Å². The standard InChI is InChI=1S/C20H34N4O4/c1-6-7-8-9-21-18(26)24-11-14(2)10-16(24)17(25)22-15-12-23(13-15)19(27)28-20(3,4)5/h15-16H,2,6-13H2,1,3-5H3,(H,21,26)(H,22,25). The minimum absolute atomic E-state index is 0.122. The molecule has 4 amide bonds. The number of amides is 4. The maximum Gasteiger partial charge on any atom is 0.410 e. The van der Waals surface area contributed by atoms with Crippen LogP contribution in [0.25, 0.3) is 0 Å². The highest BCUT2D eigenvalue weighted by Crippen LogP contribution is 2.22. The van der Waals surface area contributed by atoms with E-state index < -0.39 is 11.6 Å². The Hall–Kier alpha value is -2.25. The van der Waals surface area contributed by atoms with Gasteiger partial charge in [0.2, 0.25) is 5.91 Å². The molecule has 0 aromatic heterocycles. The Morgan fingerprint density at radius 1 is 1.21 bits per heavy atom. The fraction of sp³-hybridized carbons (Fsp3) is 0.750. The van der Waals surface area contributed by atoms with Crippen molar-refractivity contribution in [1.29, 1.82) is 0 Å². The molecule has 0 aromatic rings.